The molecule has 0 saturated carbocycles. The van der Waals surface area contributed by atoms with Crippen molar-refractivity contribution in [3.05, 3.63) is 87.7 Å². The summed E-state index contributed by atoms with van der Waals surface area (Å²) in [6.07, 6.45) is 3.03. The number of ketones is 1. The summed E-state index contributed by atoms with van der Waals surface area (Å²) in [6, 6.07) is 13.3. The second kappa shape index (κ2) is 11.6. The van der Waals surface area contributed by atoms with E-state index in [4.69, 9.17) is 27.9 Å². The van der Waals surface area contributed by atoms with E-state index in [0.29, 0.717) is 23.4 Å². The van der Waals surface area contributed by atoms with Gasteiger partial charge in [0.15, 0.2) is 5.78 Å². The van der Waals surface area contributed by atoms with Crippen molar-refractivity contribution in [3.63, 3.8) is 0 Å². The summed E-state index contributed by atoms with van der Waals surface area (Å²) >= 11 is 12.1. The molecule has 0 radical (unpaired) electrons. The Bertz CT molecular complexity index is 1180. The van der Waals surface area contributed by atoms with Crippen molar-refractivity contribution >= 4 is 52.2 Å². The number of carbonyl (C=O) groups is 3. The van der Waals surface area contributed by atoms with Gasteiger partial charge in [-0.3, -0.25) is 14.6 Å². The molecule has 1 aromatic heterocycles. The smallest absolute Gasteiger partial charge is 0.328 e. The van der Waals surface area contributed by atoms with Crippen molar-refractivity contribution in [2.45, 2.75) is 26.3 Å². The van der Waals surface area contributed by atoms with Crippen LogP contribution in [0.25, 0.3) is 0 Å². The molecule has 176 valence electrons. The van der Waals surface area contributed by atoms with E-state index in [9.17, 15) is 14.4 Å². The standard InChI is InChI=1S/C25H23Cl2N3O4/c1-3-34-25(33)22(29-19-6-4-5-17(12-19)15(2)31)11-16-7-9-18(10-8-16)30-24(32)23-20(26)13-28-14-21(23)27/h4-10,12-14,22,29H,3,11H2,1-2H3,(H,30,32). The Balaban J connectivity index is 1.73. The van der Waals surface area contributed by atoms with Gasteiger partial charge in [0.25, 0.3) is 5.91 Å². The van der Waals surface area contributed by atoms with Gasteiger partial charge in [0.1, 0.15) is 6.04 Å². The predicted molar refractivity (Wildman–Crippen MR) is 133 cm³/mol. The molecule has 0 spiro atoms. The minimum atomic E-state index is -0.669. The monoisotopic (exact) mass is 499 g/mol. The van der Waals surface area contributed by atoms with Crippen molar-refractivity contribution < 1.29 is 19.1 Å². The van der Waals surface area contributed by atoms with Crippen molar-refractivity contribution in [2.75, 3.05) is 17.2 Å². The Hall–Kier alpha value is -3.42. The molecule has 7 nitrogen and oxygen atoms in total. The average Bonchev–Trinajstić information content (AvgIpc) is 2.80. The molecule has 1 amide bonds. The van der Waals surface area contributed by atoms with E-state index in [1.54, 1.807) is 55.5 Å². The van der Waals surface area contributed by atoms with E-state index in [1.165, 1.54) is 19.3 Å². The first-order valence-electron chi connectivity index (χ1n) is 10.5. The summed E-state index contributed by atoms with van der Waals surface area (Å²) in [4.78, 5) is 40.6. The number of anilines is 2. The fourth-order valence-corrected chi connectivity index (χ4v) is 3.78. The van der Waals surface area contributed by atoms with Gasteiger partial charge in [-0.15, -0.1) is 0 Å². The first kappa shape index (κ1) is 25.2. The fourth-order valence-electron chi connectivity index (χ4n) is 3.25. The average molecular weight is 500 g/mol. The number of amides is 1. The lowest BCUT2D eigenvalue weighted by atomic mass is 10.0. The van der Waals surface area contributed by atoms with Crippen LogP contribution in [0.3, 0.4) is 0 Å². The van der Waals surface area contributed by atoms with E-state index < -0.39 is 17.9 Å². The molecule has 9 heteroatoms. The molecule has 2 N–H and O–H groups in total. The Morgan fingerprint density at radius 3 is 2.29 bits per heavy atom. The predicted octanol–water partition coefficient (Wildman–Crippen LogP) is 5.43. The largest absolute Gasteiger partial charge is 0.464 e. The Kier molecular flexibility index (Phi) is 8.62. The quantitative estimate of drug-likeness (QED) is 0.301. The number of ether oxygens (including phenoxy) is 1. The lowest BCUT2D eigenvalue weighted by Crippen LogP contribution is -2.33. The highest BCUT2D eigenvalue weighted by Crippen LogP contribution is 2.24. The number of esters is 1. The normalized spacial score (nSPS) is 11.4. The highest BCUT2D eigenvalue weighted by Gasteiger charge is 2.21. The molecule has 0 saturated heterocycles. The number of nitrogens with one attached hydrogen (secondary N) is 2. The number of benzene rings is 2. The summed E-state index contributed by atoms with van der Waals surface area (Å²) in [7, 11) is 0. The second-order valence-electron chi connectivity index (χ2n) is 7.42. The van der Waals surface area contributed by atoms with Crippen LogP contribution in [0.15, 0.2) is 60.9 Å². The van der Waals surface area contributed by atoms with Gasteiger partial charge in [-0.1, -0.05) is 47.5 Å². The van der Waals surface area contributed by atoms with Crippen LogP contribution in [0.5, 0.6) is 0 Å². The van der Waals surface area contributed by atoms with Crippen molar-refractivity contribution in [1.82, 2.24) is 4.98 Å². The number of Topliss-reactive ketones (excluding diaryl/α,β-unsaturated/α-hetero) is 1. The molecule has 0 aliphatic carbocycles. The lowest BCUT2D eigenvalue weighted by Gasteiger charge is -2.19. The first-order valence-corrected chi connectivity index (χ1v) is 11.3. The third-order valence-electron chi connectivity index (χ3n) is 4.91. The minimum Gasteiger partial charge on any atom is -0.464 e. The Morgan fingerprint density at radius 2 is 1.68 bits per heavy atom. The molecule has 3 aromatic rings. The first-order chi connectivity index (χ1) is 16.3. The van der Waals surface area contributed by atoms with Gasteiger partial charge in [0.05, 0.1) is 22.2 Å². The molecule has 1 heterocycles. The summed E-state index contributed by atoms with van der Waals surface area (Å²) in [5.41, 5.74) is 2.70. The number of pyridine rings is 1. The number of rotatable bonds is 9. The summed E-state index contributed by atoms with van der Waals surface area (Å²) < 4.78 is 5.22. The number of nitrogens with zero attached hydrogens (tertiary/aromatic N) is 1. The number of hydrogen-bond donors (Lipinski definition) is 2. The summed E-state index contributed by atoms with van der Waals surface area (Å²) in [5.74, 6) is -0.931. The van der Waals surface area contributed by atoms with Crippen LogP contribution in [0, 0.1) is 0 Å². The van der Waals surface area contributed by atoms with Crippen LogP contribution in [-0.4, -0.2) is 35.3 Å². The maximum atomic E-state index is 12.6. The van der Waals surface area contributed by atoms with Gasteiger partial charge in [-0.05, 0) is 43.7 Å². The zero-order valence-electron chi connectivity index (χ0n) is 18.6. The van der Waals surface area contributed by atoms with Crippen LogP contribution in [-0.2, 0) is 16.0 Å². The Labute approximate surface area is 207 Å². The van der Waals surface area contributed by atoms with Gasteiger partial charge in [0, 0.05) is 35.8 Å². The molecule has 2 aromatic carbocycles. The van der Waals surface area contributed by atoms with Gasteiger partial charge in [-0.2, -0.15) is 0 Å². The van der Waals surface area contributed by atoms with E-state index in [0.717, 1.165) is 5.56 Å². The molecular weight excluding hydrogens is 477 g/mol. The third kappa shape index (κ3) is 6.56. The molecule has 1 unspecified atom stereocenters. The van der Waals surface area contributed by atoms with Gasteiger partial charge < -0.3 is 15.4 Å². The fraction of sp³-hybridized carbons (Fsp3) is 0.200. The highest BCUT2D eigenvalue weighted by atomic mass is 35.5. The molecule has 0 fully saturated rings. The van der Waals surface area contributed by atoms with Crippen molar-refractivity contribution in [3.8, 4) is 0 Å². The van der Waals surface area contributed by atoms with E-state index in [1.807, 2.05) is 0 Å². The van der Waals surface area contributed by atoms with Crippen LogP contribution in [0.4, 0.5) is 11.4 Å². The maximum Gasteiger partial charge on any atom is 0.328 e. The number of carbonyl (C=O) groups excluding carboxylic acids is 3. The zero-order chi connectivity index (χ0) is 24.7. The Morgan fingerprint density at radius 1 is 1.00 bits per heavy atom. The molecule has 0 bridgehead atoms. The number of hydrogen-bond acceptors (Lipinski definition) is 6. The zero-order valence-corrected chi connectivity index (χ0v) is 20.1. The third-order valence-corrected chi connectivity index (χ3v) is 5.49. The molecule has 0 aliphatic heterocycles. The van der Waals surface area contributed by atoms with E-state index in [2.05, 4.69) is 15.6 Å². The number of halogens is 2. The van der Waals surface area contributed by atoms with Crippen LogP contribution < -0.4 is 10.6 Å². The summed E-state index contributed by atoms with van der Waals surface area (Å²) in [5, 5.41) is 6.21. The van der Waals surface area contributed by atoms with Gasteiger partial charge >= 0.3 is 5.97 Å². The van der Waals surface area contributed by atoms with E-state index in [-0.39, 0.29) is 28.0 Å². The summed E-state index contributed by atoms with van der Waals surface area (Å²) in [6.45, 7) is 3.47. The molecular formula is C25H23Cl2N3O4. The van der Waals surface area contributed by atoms with Crippen LogP contribution >= 0.6 is 23.2 Å². The van der Waals surface area contributed by atoms with Crippen LogP contribution in [0.1, 0.15) is 40.1 Å². The minimum absolute atomic E-state index is 0.0664. The molecule has 3 rings (SSSR count). The number of aromatic nitrogens is 1. The highest BCUT2D eigenvalue weighted by molar-refractivity contribution is 6.40. The van der Waals surface area contributed by atoms with Crippen LogP contribution in [0.2, 0.25) is 10.0 Å². The maximum absolute atomic E-state index is 12.6. The SMILES string of the molecule is CCOC(=O)C(Cc1ccc(NC(=O)c2c(Cl)cncc2Cl)cc1)Nc1cccc(C(C)=O)c1. The van der Waals surface area contributed by atoms with Gasteiger partial charge in [-0.25, -0.2) is 4.79 Å². The molecule has 34 heavy (non-hydrogen) atoms. The van der Waals surface area contributed by atoms with E-state index >= 15 is 0 Å². The second-order valence-corrected chi connectivity index (χ2v) is 8.23. The molecule has 1 atom stereocenters. The van der Waals surface area contributed by atoms with Crippen molar-refractivity contribution in [2.24, 2.45) is 0 Å². The van der Waals surface area contributed by atoms with Gasteiger partial charge in [0.2, 0.25) is 0 Å². The lowest BCUT2D eigenvalue weighted by molar-refractivity contribution is -0.144. The van der Waals surface area contributed by atoms with Crippen molar-refractivity contribution in [1.29, 1.82) is 0 Å². The molecule has 0 aliphatic rings. The topological polar surface area (TPSA) is 97.4 Å².